The Bertz CT molecular complexity index is 1040. The van der Waals surface area contributed by atoms with Crippen LogP contribution in [0.1, 0.15) is 21.8 Å². The van der Waals surface area contributed by atoms with Crippen molar-refractivity contribution >= 4 is 23.3 Å². The molecular formula is C23H22F2N2O3S. The Balaban J connectivity index is 1.58. The maximum absolute atomic E-state index is 12.5. The van der Waals surface area contributed by atoms with E-state index < -0.39 is 6.61 Å². The van der Waals surface area contributed by atoms with Gasteiger partial charge in [-0.25, -0.2) is 4.98 Å². The third-order valence-corrected chi connectivity index (χ3v) is 5.13. The van der Waals surface area contributed by atoms with Crippen molar-refractivity contribution in [3.05, 3.63) is 81.8 Å². The molecule has 0 spiro atoms. The van der Waals surface area contributed by atoms with Crippen molar-refractivity contribution in [2.75, 3.05) is 7.05 Å². The van der Waals surface area contributed by atoms with Gasteiger partial charge in [0.1, 0.15) is 18.1 Å². The van der Waals surface area contributed by atoms with Gasteiger partial charge in [0.25, 0.3) is 0 Å². The summed E-state index contributed by atoms with van der Waals surface area (Å²) in [5, 5.41) is 2.94. The van der Waals surface area contributed by atoms with Crippen molar-refractivity contribution in [2.45, 2.75) is 26.7 Å². The minimum Gasteiger partial charge on any atom is -0.487 e. The highest BCUT2D eigenvalue weighted by Gasteiger charge is 2.09. The fraction of sp³-hybridized carbons (Fsp3) is 0.217. The van der Waals surface area contributed by atoms with E-state index in [1.54, 1.807) is 36.6 Å². The largest absolute Gasteiger partial charge is 0.487 e. The number of amides is 1. The van der Waals surface area contributed by atoms with Crippen LogP contribution in [-0.2, 0) is 17.9 Å². The van der Waals surface area contributed by atoms with Crippen LogP contribution in [0.15, 0.2) is 60.0 Å². The van der Waals surface area contributed by atoms with Crippen molar-refractivity contribution in [1.82, 2.24) is 9.88 Å². The quantitative estimate of drug-likeness (QED) is 0.420. The number of nitrogens with zero attached hydrogens (tertiary/aromatic N) is 2. The molecule has 31 heavy (non-hydrogen) atoms. The Morgan fingerprint density at radius 1 is 1.19 bits per heavy atom. The molecule has 0 aliphatic rings. The predicted octanol–water partition coefficient (Wildman–Crippen LogP) is 5.30. The molecule has 0 aliphatic carbocycles. The van der Waals surface area contributed by atoms with Crippen molar-refractivity contribution in [1.29, 1.82) is 0 Å². The molecule has 162 valence electrons. The summed E-state index contributed by atoms with van der Waals surface area (Å²) < 4.78 is 34.7. The standard InChI is InChI=1S/C23H22F2N2O3S/c1-16-26-19(15-31-16)14-29-21-6-4-3-5-18(21)9-12-22(28)27(2)13-17-7-10-20(11-8-17)30-23(24)25/h3-12,15,23H,13-14H2,1-2H3/b12-9+. The SMILES string of the molecule is Cc1nc(COc2ccccc2/C=C/C(=O)N(C)Cc2ccc(OC(F)F)cc2)cs1. The number of benzene rings is 2. The van der Waals surface area contributed by atoms with E-state index in [0.717, 1.165) is 21.8 Å². The summed E-state index contributed by atoms with van der Waals surface area (Å²) in [5.74, 6) is 0.546. The topological polar surface area (TPSA) is 51.7 Å². The molecule has 0 N–H and O–H groups in total. The van der Waals surface area contributed by atoms with E-state index in [9.17, 15) is 13.6 Å². The normalized spacial score (nSPS) is 11.1. The zero-order valence-electron chi connectivity index (χ0n) is 17.1. The molecule has 0 saturated heterocycles. The van der Waals surface area contributed by atoms with Gasteiger partial charge in [0.15, 0.2) is 0 Å². The first-order chi connectivity index (χ1) is 14.9. The first kappa shape index (κ1) is 22.4. The number of carbonyl (C=O) groups excluding carboxylic acids is 1. The van der Waals surface area contributed by atoms with Gasteiger partial charge in [-0.3, -0.25) is 4.79 Å². The summed E-state index contributed by atoms with van der Waals surface area (Å²) in [4.78, 5) is 18.4. The second-order valence-electron chi connectivity index (χ2n) is 6.73. The van der Waals surface area contributed by atoms with E-state index in [2.05, 4.69) is 9.72 Å². The number of thiazole rings is 1. The Hall–Kier alpha value is -3.26. The molecule has 5 nitrogen and oxygen atoms in total. The lowest BCUT2D eigenvalue weighted by Gasteiger charge is -2.15. The Labute approximate surface area is 183 Å². The molecule has 0 atom stereocenters. The van der Waals surface area contributed by atoms with Gasteiger partial charge in [0.2, 0.25) is 5.91 Å². The van der Waals surface area contributed by atoms with Crippen LogP contribution in [0.5, 0.6) is 11.5 Å². The Morgan fingerprint density at radius 2 is 1.94 bits per heavy atom. The van der Waals surface area contributed by atoms with Crippen LogP contribution in [0, 0.1) is 6.92 Å². The molecule has 8 heteroatoms. The lowest BCUT2D eigenvalue weighted by molar-refractivity contribution is -0.125. The number of likely N-dealkylation sites (N-methyl/N-ethyl adjacent to an activating group) is 1. The average molecular weight is 445 g/mol. The molecular weight excluding hydrogens is 422 g/mol. The average Bonchev–Trinajstić information content (AvgIpc) is 3.17. The molecule has 2 aromatic carbocycles. The molecule has 0 fully saturated rings. The molecule has 1 amide bonds. The highest BCUT2D eigenvalue weighted by molar-refractivity contribution is 7.09. The number of carbonyl (C=O) groups is 1. The first-order valence-corrected chi connectivity index (χ1v) is 10.4. The van der Waals surface area contributed by atoms with Crippen LogP contribution >= 0.6 is 11.3 Å². The van der Waals surface area contributed by atoms with E-state index >= 15 is 0 Å². The van der Waals surface area contributed by atoms with Gasteiger partial charge in [-0.05, 0) is 36.8 Å². The van der Waals surface area contributed by atoms with Gasteiger partial charge in [-0.1, -0.05) is 30.3 Å². The zero-order chi connectivity index (χ0) is 22.2. The van der Waals surface area contributed by atoms with Crippen molar-refractivity contribution in [3.8, 4) is 11.5 Å². The van der Waals surface area contributed by atoms with E-state index in [0.29, 0.717) is 18.9 Å². The highest BCUT2D eigenvalue weighted by atomic mass is 32.1. The van der Waals surface area contributed by atoms with Crippen molar-refractivity contribution in [2.24, 2.45) is 0 Å². The third kappa shape index (κ3) is 6.89. The highest BCUT2D eigenvalue weighted by Crippen LogP contribution is 2.22. The van der Waals surface area contributed by atoms with Crippen LogP contribution in [0.25, 0.3) is 6.08 Å². The van der Waals surface area contributed by atoms with Gasteiger partial charge < -0.3 is 14.4 Å². The summed E-state index contributed by atoms with van der Waals surface area (Å²) in [5.41, 5.74) is 2.44. The lowest BCUT2D eigenvalue weighted by Crippen LogP contribution is -2.24. The lowest BCUT2D eigenvalue weighted by atomic mass is 10.1. The number of rotatable bonds is 9. The summed E-state index contributed by atoms with van der Waals surface area (Å²) in [6, 6.07) is 13.7. The number of para-hydroxylation sites is 1. The molecule has 0 saturated carbocycles. The summed E-state index contributed by atoms with van der Waals surface area (Å²) in [6.07, 6.45) is 3.18. The molecule has 3 rings (SSSR count). The first-order valence-electron chi connectivity index (χ1n) is 9.50. The fourth-order valence-electron chi connectivity index (χ4n) is 2.79. The second kappa shape index (κ2) is 10.7. The van der Waals surface area contributed by atoms with Gasteiger partial charge in [0.05, 0.1) is 10.7 Å². The maximum Gasteiger partial charge on any atom is 0.387 e. The smallest absolute Gasteiger partial charge is 0.387 e. The number of alkyl halides is 2. The number of hydrogen-bond donors (Lipinski definition) is 0. The molecule has 0 unspecified atom stereocenters. The van der Waals surface area contributed by atoms with Gasteiger partial charge >= 0.3 is 6.61 Å². The minimum absolute atomic E-state index is 0.0806. The summed E-state index contributed by atoms with van der Waals surface area (Å²) in [7, 11) is 1.67. The molecule has 0 radical (unpaired) electrons. The minimum atomic E-state index is -2.86. The monoisotopic (exact) mass is 444 g/mol. The fourth-order valence-corrected chi connectivity index (χ4v) is 3.39. The molecule has 3 aromatic rings. The van der Waals surface area contributed by atoms with E-state index in [1.165, 1.54) is 23.1 Å². The molecule has 0 aliphatic heterocycles. The van der Waals surface area contributed by atoms with Crippen LogP contribution in [-0.4, -0.2) is 29.5 Å². The van der Waals surface area contributed by atoms with Crippen molar-refractivity contribution in [3.63, 3.8) is 0 Å². The van der Waals surface area contributed by atoms with E-state index in [1.807, 2.05) is 36.6 Å². The maximum atomic E-state index is 12.5. The Kier molecular flexibility index (Phi) is 7.72. The van der Waals surface area contributed by atoms with Crippen LogP contribution < -0.4 is 9.47 Å². The van der Waals surface area contributed by atoms with Crippen molar-refractivity contribution < 1.29 is 23.0 Å². The number of hydrogen-bond acceptors (Lipinski definition) is 5. The summed E-state index contributed by atoms with van der Waals surface area (Å²) in [6.45, 7) is -0.232. The number of aryl methyl sites for hydroxylation is 1. The number of aromatic nitrogens is 1. The number of ether oxygens (including phenoxy) is 2. The van der Waals surface area contributed by atoms with Gasteiger partial charge in [-0.15, -0.1) is 11.3 Å². The van der Waals surface area contributed by atoms with E-state index in [4.69, 9.17) is 4.74 Å². The summed E-state index contributed by atoms with van der Waals surface area (Å²) >= 11 is 1.57. The second-order valence-corrected chi connectivity index (χ2v) is 7.80. The molecule has 1 heterocycles. The van der Waals surface area contributed by atoms with Crippen LogP contribution in [0.4, 0.5) is 8.78 Å². The van der Waals surface area contributed by atoms with Crippen LogP contribution in [0.2, 0.25) is 0 Å². The predicted molar refractivity (Wildman–Crippen MR) is 116 cm³/mol. The van der Waals surface area contributed by atoms with Crippen LogP contribution in [0.3, 0.4) is 0 Å². The molecule has 1 aromatic heterocycles. The van der Waals surface area contributed by atoms with Gasteiger partial charge in [-0.2, -0.15) is 8.78 Å². The molecule has 0 bridgehead atoms. The van der Waals surface area contributed by atoms with E-state index in [-0.39, 0.29) is 11.7 Å². The Morgan fingerprint density at radius 3 is 2.61 bits per heavy atom. The van der Waals surface area contributed by atoms with Gasteiger partial charge in [0, 0.05) is 30.6 Å². The third-order valence-electron chi connectivity index (χ3n) is 4.31. The number of halogens is 2. The zero-order valence-corrected chi connectivity index (χ0v) is 17.9.